The van der Waals surface area contributed by atoms with Crippen molar-refractivity contribution in [2.45, 2.75) is 25.2 Å². The second kappa shape index (κ2) is 5.62. The van der Waals surface area contributed by atoms with E-state index in [1.54, 1.807) is 0 Å². The molecule has 2 rings (SSSR count). The molecule has 0 radical (unpaired) electrons. The van der Waals surface area contributed by atoms with Gasteiger partial charge in [-0.1, -0.05) is 74.5 Å². The van der Waals surface area contributed by atoms with Crippen LogP contribution in [-0.4, -0.2) is 5.12 Å². The summed E-state index contributed by atoms with van der Waals surface area (Å²) in [5.41, 5.74) is 1.86. The third-order valence-corrected chi connectivity index (χ3v) is 3.88. The molecule has 0 aliphatic heterocycles. The number of benzene rings is 2. The lowest BCUT2D eigenvalue weighted by atomic mass is 9.71. The van der Waals surface area contributed by atoms with Gasteiger partial charge in [0.2, 0.25) is 0 Å². The van der Waals surface area contributed by atoms with E-state index < -0.39 is 0 Å². The number of hydrogen-bond donors (Lipinski definition) is 1. The van der Waals surface area contributed by atoms with Crippen molar-refractivity contribution in [2.75, 3.05) is 0 Å². The molecule has 2 aromatic carbocycles. The Balaban J connectivity index is 2.48. The summed E-state index contributed by atoms with van der Waals surface area (Å²) in [4.78, 5) is 12.0. The molecule has 0 bridgehead atoms. The zero-order chi connectivity index (χ0) is 13.9. The maximum atomic E-state index is 12.0. The van der Waals surface area contributed by atoms with E-state index >= 15 is 0 Å². The normalized spacial score (nSPS) is 13.0. The topological polar surface area (TPSA) is 17.1 Å². The van der Waals surface area contributed by atoms with Gasteiger partial charge in [0, 0.05) is 5.41 Å². The maximum Gasteiger partial charge on any atom is 0.194 e. The van der Waals surface area contributed by atoms with Crippen LogP contribution in [0, 0.1) is 0 Å². The van der Waals surface area contributed by atoms with Crippen LogP contribution < -0.4 is 0 Å². The molecule has 1 atom stereocenters. The molecular weight excluding hydrogens is 252 g/mol. The number of thiol groups is 1. The van der Waals surface area contributed by atoms with Gasteiger partial charge in [0.25, 0.3) is 0 Å². The highest BCUT2D eigenvalue weighted by Gasteiger charge is 2.36. The van der Waals surface area contributed by atoms with Gasteiger partial charge in [-0.2, -0.15) is 0 Å². The number of rotatable bonds is 4. The minimum atomic E-state index is -0.290. The summed E-state index contributed by atoms with van der Waals surface area (Å²) in [6, 6.07) is 20.0. The summed E-state index contributed by atoms with van der Waals surface area (Å²) in [5.74, 6) is -0.251. The van der Waals surface area contributed by atoms with Crippen molar-refractivity contribution in [1.29, 1.82) is 0 Å². The molecule has 0 saturated heterocycles. The second-order valence-corrected chi connectivity index (χ2v) is 5.71. The molecule has 0 aliphatic carbocycles. The predicted octanol–water partition coefficient (Wildman–Crippen LogP) is 4.20. The minimum Gasteiger partial charge on any atom is -0.287 e. The average Bonchev–Trinajstić information content (AvgIpc) is 2.40. The number of carbonyl (C=O) groups excluding carboxylic acids is 1. The molecule has 1 nitrogen and oxygen atoms in total. The molecule has 0 fully saturated rings. The summed E-state index contributed by atoms with van der Waals surface area (Å²) in [6.45, 7) is 4.18. The van der Waals surface area contributed by atoms with Crippen LogP contribution in [0.5, 0.6) is 0 Å². The highest BCUT2D eigenvalue weighted by Crippen LogP contribution is 2.39. The molecule has 0 N–H and O–H groups in total. The van der Waals surface area contributed by atoms with Crippen LogP contribution in [0.25, 0.3) is 0 Å². The van der Waals surface area contributed by atoms with Crippen LogP contribution in [0.1, 0.15) is 30.9 Å². The molecule has 0 amide bonds. The van der Waals surface area contributed by atoms with Crippen molar-refractivity contribution in [3.05, 3.63) is 71.8 Å². The van der Waals surface area contributed by atoms with E-state index in [1.165, 1.54) is 0 Å². The van der Waals surface area contributed by atoms with E-state index in [4.69, 9.17) is 0 Å². The minimum absolute atomic E-state index is 0.0972. The van der Waals surface area contributed by atoms with E-state index in [1.807, 2.05) is 48.5 Å². The molecular formula is C17H18OS. The summed E-state index contributed by atoms with van der Waals surface area (Å²) in [6.07, 6.45) is 0. The van der Waals surface area contributed by atoms with E-state index in [-0.39, 0.29) is 16.4 Å². The summed E-state index contributed by atoms with van der Waals surface area (Å²) in [5, 5.41) is -0.0972. The Kier molecular flexibility index (Phi) is 4.11. The highest BCUT2D eigenvalue weighted by atomic mass is 32.1. The Hall–Kier alpha value is -1.54. The lowest BCUT2D eigenvalue weighted by Crippen LogP contribution is -2.30. The van der Waals surface area contributed by atoms with E-state index in [0.717, 1.165) is 11.1 Å². The Morgan fingerprint density at radius 1 is 0.947 bits per heavy atom. The van der Waals surface area contributed by atoms with E-state index in [9.17, 15) is 4.79 Å². The van der Waals surface area contributed by atoms with Gasteiger partial charge in [-0.25, -0.2) is 0 Å². The molecule has 19 heavy (non-hydrogen) atoms. The quantitative estimate of drug-likeness (QED) is 0.824. The van der Waals surface area contributed by atoms with Gasteiger partial charge < -0.3 is 0 Å². The Labute approximate surface area is 120 Å². The third kappa shape index (κ3) is 2.90. The van der Waals surface area contributed by atoms with Gasteiger partial charge in [0.05, 0.1) is 5.92 Å². The standard InChI is InChI=1S/C17H18OS/c1-17(2,14-11-7-4-8-12-14)15(16(18)19)13-9-5-3-6-10-13/h3-12,15H,1-2H3,(H,18,19). The van der Waals surface area contributed by atoms with Crippen molar-refractivity contribution in [3.8, 4) is 0 Å². The van der Waals surface area contributed by atoms with Crippen molar-refractivity contribution >= 4 is 17.7 Å². The van der Waals surface area contributed by atoms with Gasteiger partial charge in [0.15, 0.2) is 5.12 Å². The maximum absolute atomic E-state index is 12.0. The largest absolute Gasteiger partial charge is 0.287 e. The molecule has 0 saturated carbocycles. The van der Waals surface area contributed by atoms with E-state index in [2.05, 4.69) is 38.6 Å². The average molecular weight is 270 g/mol. The SMILES string of the molecule is CC(C)(c1ccccc1)C(C(=O)S)c1ccccc1. The summed E-state index contributed by atoms with van der Waals surface area (Å²) < 4.78 is 0. The van der Waals surface area contributed by atoms with Crippen LogP contribution in [0.3, 0.4) is 0 Å². The van der Waals surface area contributed by atoms with Crippen molar-refractivity contribution in [3.63, 3.8) is 0 Å². The molecule has 0 spiro atoms. The fraction of sp³-hybridized carbons (Fsp3) is 0.235. The first-order valence-electron chi connectivity index (χ1n) is 6.37. The Bertz CT molecular complexity index is 546. The zero-order valence-electron chi connectivity index (χ0n) is 11.2. The Morgan fingerprint density at radius 2 is 1.42 bits per heavy atom. The van der Waals surface area contributed by atoms with Crippen LogP contribution in [-0.2, 0) is 10.2 Å². The van der Waals surface area contributed by atoms with Gasteiger partial charge in [-0.05, 0) is 11.1 Å². The molecule has 2 aromatic rings. The second-order valence-electron chi connectivity index (χ2n) is 5.27. The van der Waals surface area contributed by atoms with Crippen molar-refractivity contribution in [2.24, 2.45) is 0 Å². The number of carbonyl (C=O) groups is 1. The summed E-state index contributed by atoms with van der Waals surface area (Å²) in [7, 11) is 0. The van der Waals surface area contributed by atoms with Gasteiger partial charge >= 0.3 is 0 Å². The zero-order valence-corrected chi connectivity index (χ0v) is 12.1. The Morgan fingerprint density at radius 3 is 1.89 bits per heavy atom. The van der Waals surface area contributed by atoms with Gasteiger partial charge in [-0.3, -0.25) is 4.79 Å². The fourth-order valence-electron chi connectivity index (χ4n) is 2.55. The predicted molar refractivity (Wildman–Crippen MR) is 82.6 cm³/mol. The van der Waals surface area contributed by atoms with Crippen molar-refractivity contribution < 1.29 is 4.79 Å². The monoisotopic (exact) mass is 270 g/mol. The van der Waals surface area contributed by atoms with Crippen LogP contribution in [0.15, 0.2) is 60.7 Å². The molecule has 98 valence electrons. The first-order valence-corrected chi connectivity index (χ1v) is 6.81. The first-order chi connectivity index (χ1) is 9.03. The highest BCUT2D eigenvalue weighted by molar-refractivity contribution is 7.96. The molecule has 0 aliphatic rings. The first kappa shape index (κ1) is 13.9. The lowest BCUT2D eigenvalue weighted by Gasteiger charge is -2.33. The summed E-state index contributed by atoms with van der Waals surface area (Å²) >= 11 is 4.11. The van der Waals surface area contributed by atoms with Crippen molar-refractivity contribution in [1.82, 2.24) is 0 Å². The number of hydrogen-bond acceptors (Lipinski definition) is 1. The van der Waals surface area contributed by atoms with Gasteiger partial charge in [-0.15, -0.1) is 12.6 Å². The molecule has 1 unspecified atom stereocenters. The smallest absolute Gasteiger partial charge is 0.194 e. The fourth-order valence-corrected chi connectivity index (χ4v) is 3.02. The lowest BCUT2D eigenvalue weighted by molar-refractivity contribution is -0.113. The van der Waals surface area contributed by atoms with Gasteiger partial charge in [0.1, 0.15) is 0 Å². The molecule has 0 heterocycles. The van der Waals surface area contributed by atoms with Crippen LogP contribution >= 0.6 is 12.6 Å². The van der Waals surface area contributed by atoms with E-state index in [0.29, 0.717) is 0 Å². The van der Waals surface area contributed by atoms with Crippen LogP contribution in [0.2, 0.25) is 0 Å². The van der Waals surface area contributed by atoms with Crippen LogP contribution in [0.4, 0.5) is 0 Å². The third-order valence-electron chi connectivity index (χ3n) is 3.62. The molecule has 2 heteroatoms. The molecule has 0 aromatic heterocycles.